The van der Waals surface area contributed by atoms with Gasteiger partial charge in [-0.05, 0) is 31.9 Å². The Hall–Kier alpha value is -1.29. The Morgan fingerprint density at radius 3 is 2.88 bits per heavy atom. The quantitative estimate of drug-likeness (QED) is 0.822. The number of pyridine rings is 1. The number of nitrogens with zero attached hydrogens (tertiary/aromatic N) is 2. The van der Waals surface area contributed by atoms with Crippen LogP contribution >= 0.6 is 0 Å². The summed E-state index contributed by atoms with van der Waals surface area (Å²) < 4.78 is 5.07. The van der Waals surface area contributed by atoms with Gasteiger partial charge in [0.2, 0.25) is 0 Å². The van der Waals surface area contributed by atoms with Crippen LogP contribution in [0.25, 0.3) is 0 Å². The summed E-state index contributed by atoms with van der Waals surface area (Å²) >= 11 is 0. The molecule has 1 aromatic rings. The van der Waals surface area contributed by atoms with Gasteiger partial charge in [-0.2, -0.15) is 0 Å². The van der Waals surface area contributed by atoms with Gasteiger partial charge in [0, 0.05) is 13.1 Å². The van der Waals surface area contributed by atoms with Crippen molar-refractivity contribution < 1.29 is 9.84 Å². The lowest BCUT2D eigenvalue weighted by Crippen LogP contribution is -2.46. The number of aliphatic hydroxyl groups is 1. The first-order chi connectivity index (χ1) is 7.61. The van der Waals surface area contributed by atoms with Crippen LogP contribution in [0.2, 0.25) is 0 Å². The highest BCUT2D eigenvalue weighted by Gasteiger charge is 2.28. The molecule has 4 heteroatoms. The number of β-amino-alcohol motifs (C(OH)–C–C–N with tert-alkyl or cyclic N) is 1. The molecular formula is C12H18N2O2. The average molecular weight is 222 g/mol. The van der Waals surface area contributed by atoms with Gasteiger partial charge < -0.3 is 14.7 Å². The molecule has 0 spiro atoms. The lowest BCUT2D eigenvalue weighted by Gasteiger charge is -2.37. The summed E-state index contributed by atoms with van der Waals surface area (Å²) in [6.45, 7) is 3.48. The molecule has 0 radical (unpaired) electrons. The normalized spacial score (nSPS) is 25.6. The molecule has 16 heavy (non-hydrogen) atoms. The lowest BCUT2D eigenvalue weighted by molar-refractivity contribution is 0.0447. The second-order valence-electron chi connectivity index (χ2n) is 4.58. The Labute approximate surface area is 95.9 Å². The molecule has 0 amide bonds. The van der Waals surface area contributed by atoms with Crippen molar-refractivity contribution in [2.75, 3.05) is 25.1 Å². The van der Waals surface area contributed by atoms with E-state index in [-0.39, 0.29) is 0 Å². The maximum atomic E-state index is 10.0. The standard InChI is InChI=1S/C12H18N2O2/c1-12(15)6-3-7-14(9-12)11-5-4-10(16-2)8-13-11/h4-5,8,15H,3,6-7,9H2,1-2H3. The second-order valence-corrected chi connectivity index (χ2v) is 4.58. The average Bonchev–Trinajstić information content (AvgIpc) is 2.28. The summed E-state index contributed by atoms with van der Waals surface area (Å²) in [5.41, 5.74) is -0.597. The third-order valence-electron chi connectivity index (χ3n) is 2.96. The van der Waals surface area contributed by atoms with Crippen molar-refractivity contribution in [1.29, 1.82) is 0 Å². The first-order valence-electron chi connectivity index (χ1n) is 5.58. The number of methoxy groups -OCH3 is 1. The molecule has 2 rings (SSSR count). The lowest BCUT2D eigenvalue weighted by atomic mass is 9.95. The van der Waals surface area contributed by atoms with Gasteiger partial charge in [0.05, 0.1) is 18.9 Å². The smallest absolute Gasteiger partial charge is 0.137 e. The molecule has 1 saturated heterocycles. The van der Waals surface area contributed by atoms with Gasteiger partial charge >= 0.3 is 0 Å². The van der Waals surface area contributed by atoms with Gasteiger partial charge in [-0.1, -0.05) is 0 Å². The zero-order valence-electron chi connectivity index (χ0n) is 9.81. The minimum absolute atomic E-state index is 0.597. The highest BCUT2D eigenvalue weighted by atomic mass is 16.5. The van der Waals surface area contributed by atoms with Gasteiger partial charge in [0.25, 0.3) is 0 Å². The first kappa shape index (κ1) is 11.2. The zero-order valence-corrected chi connectivity index (χ0v) is 9.81. The molecule has 0 bridgehead atoms. The van der Waals surface area contributed by atoms with Crippen LogP contribution < -0.4 is 9.64 Å². The van der Waals surface area contributed by atoms with Crippen molar-refractivity contribution >= 4 is 5.82 Å². The van der Waals surface area contributed by atoms with E-state index in [4.69, 9.17) is 4.74 Å². The van der Waals surface area contributed by atoms with Crippen LogP contribution in [0.5, 0.6) is 5.75 Å². The molecular weight excluding hydrogens is 204 g/mol. The van der Waals surface area contributed by atoms with Crippen molar-refractivity contribution in [3.63, 3.8) is 0 Å². The van der Waals surface area contributed by atoms with Gasteiger partial charge in [-0.15, -0.1) is 0 Å². The van der Waals surface area contributed by atoms with E-state index in [1.165, 1.54) is 0 Å². The number of aromatic nitrogens is 1. The van der Waals surface area contributed by atoms with Crippen molar-refractivity contribution in [3.8, 4) is 5.75 Å². The summed E-state index contributed by atoms with van der Waals surface area (Å²) in [5.74, 6) is 1.66. The number of anilines is 1. The van der Waals surface area contributed by atoms with E-state index in [1.807, 2.05) is 19.1 Å². The maximum Gasteiger partial charge on any atom is 0.137 e. The van der Waals surface area contributed by atoms with Crippen molar-refractivity contribution in [2.24, 2.45) is 0 Å². The fourth-order valence-corrected chi connectivity index (χ4v) is 2.10. The Morgan fingerprint density at radius 2 is 2.31 bits per heavy atom. The fraction of sp³-hybridized carbons (Fsp3) is 0.583. The van der Waals surface area contributed by atoms with E-state index in [0.29, 0.717) is 6.54 Å². The van der Waals surface area contributed by atoms with Crippen LogP contribution in [0.15, 0.2) is 18.3 Å². The fourth-order valence-electron chi connectivity index (χ4n) is 2.10. The Balaban J connectivity index is 2.11. The summed E-state index contributed by atoms with van der Waals surface area (Å²) in [7, 11) is 1.63. The number of ether oxygens (including phenoxy) is 1. The molecule has 1 atom stereocenters. The maximum absolute atomic E-state index is 10.0. The molecule has 0 saturated carbocycles. The number of hydrogen-bond acceptors (Lipinski definition) is 4. The van der Waals surface area contributed by atoms with E-state index < -0.39 is 5.60 Å². The topological polar surface area (TPSA) is 45.6 Å². The first-order valence-corrected chi connectivity index (χ1v) is 5.58. The number of piperidine rings is 1. The highest BCUT2D eigenvalue weighted by Crippen LogP contribution is 2.25. The van der Waals surface area contributed by atoms with Crippen LogP contribution in [0.3, 0.4) is 0 Å². The SMILES string of the molecule is COc1ccc(N2CCCC(C)(O)C2)nc1. The van der Waals surface area contributed by atoms with Crippen molar-refractivity contribution in [2.45, 2.75) is 25.4 Å². The largest absolute Gasteiger partial charge is 0.495 e. The van der Waals surface area contributed by atoms with Crippen molar-refractivity contribution in [3.05, 3.63) is 18.3 Å². The highest BCUT2D eigenvalue weighted by molar-refractivity contribution is 5.41. The Kier molecular flexibility index (Phi) is 3.01. The van der Waals surface area contributed by atoms with Crippen molar-refractivity contribution in [1.82, 2.24) is 4.98 Å². The molecule has 1 aliphatic heterocycles. The van der Waals surface area contributed by atoms with Gasteiger partial charge in [-0.3, -0.25) is 0 Å². The minimum Gasteiger partial charge on any atom is -0.495 e. The third-order valence-corrected chi connectivity index (χ3v) is 2.96. The summed E-state index contributed by atoms with van der Waals surface area (Å²) in [5, 5.41) is 10.0. The molecule has 1 aliphatic rings. The monoisotopic (exact) mass is 222 g/mol. The van der Waals surface area contributed by atoms with E-state index in [1.54, 1.807) is 13.3 Å². The van der Waals surface area contributed by atoms with Crippen LogP contribution in [0.4, 0.5) is 5.82 Å². The minimum atomic E-state index is -0.597. The van der Waals surface area contributed by atoms with Gasteiger partial charge in [-0.25, -0.2) is 4.98 Å². The van der Waals surface area contributed by atoms with E-state index >= 15 is 0 Å². The second kappa shape index (κ2) is 4.29. The van der Waals surface area contributed by atoms with E-state index in [9.17, 15) is 5.11 Å². The van der Waals surface area contributed by atoms with Crippen LogP contribution in [-0.4, -0.2) is 35.9 Å². The predicted molar refractivity (Wildman–Crippen MR) is 62.9 cm³/mol. The van der Waals surface area contributed by atoms with Crippen LogP contribution in [0.1, 0.15) is 19.8 Å². The number of hydrogen-bond donors (Lipinski definition) is 1. The van der Waals surface area contributed by atoms with Crippen LogP contribution in [-0.2, 0) is 0 Å². The summed E-state index contributed by atoms with van der Waals surface area (Å²) in [6.07, 6.45) is 3.57. The van der Waals surface area contributed by atoms with E-state index in [0.717, 1.165) is 31.0 Å². The Morgan fingerprint density at radius 1 is 1.50 bits per heavy atom. The molecule has 4 nitrogen and oxygen atoms in total. The number of rotatable bonds is 2. The molecule has 1 unspecified atom stereocenters. The van der Waals surface area contributed by atoms with Gasteiger partial charge in [0.1, 0.15) is 11.6 Å². The molecule has 1 N–H and O–H groups in total. The van der Waals surface area contributed by atoms with Crippen LogP contribution in [0, 0.1) is 0 Å². The predicted octanol–water partition coefficient (Wildman–Crippen LogP) is 1.44. The third kappa shape index (κ3) is 2.44. The molecule has 0 aliphatic carbocycles. The molecule has 1 aromatic heterocycles. The zero-order chi connectivity index (χ0) is 11.6. The van der Waals surface area contributed by atoms with E-state index in [2.05, 4.69) is 9.88 Å². The molecule has 88 valence electrons. The summed E-state index contributed by atoms with van der Waals surface area (Å²) in [4.78, 5) is 6.44. The molecule has 1 fully saturated rings. The molecule has 0 aromatic carbocycles. The Bertz CT molecular complexity index is 349. The molecule has 2 heterocycles. The summed E-state index contributed by atoms with van der Waals surface area (Å²) in [6, 6.07) is 3.83. The van der Waals surface area contributed by atoms with Gasteiger partial charge in [0.15, 0.2) is 0 Å².